The zero-order valence-electron chi connectivity index (χ0n) is 25.6. The van der Waals surface area contributed by atoms with E-state index in [-0.39, 0.29) is 5.82 Å². The van der Waals surface area contributed by atoms with E-state index >= 15 is 0 Å². The van der Waals surface area contributed by atoms with Gasteiger partial charge in [-0.25, -0.2) is 4.39 Å². The fourth-order valence-corrected chi connectivity index (χ4v) is 6.58. The summed E-state index contributed by atoms with van der Waals surface area (Å²) >= 11 is 0. The summed E-state index contributed by atoms with van der Waals surface area (Å²) in [5, 5.41) is 16.5. The van der Waals surface area contributed by atoms with E-state index in [0.717, 1.165) is 93.3 Å². The molecule has 232 valence electrons. The average Bonchev–Trinajstić information content (AvgIpc) is 3.79. The van der Waals surface area contributed by atoms with Gasteiger partial charge in [-0.15, -0.1) is 0 Å². The van der Waals surface area contributed by atoms with Crippen LogP contribution in [0.3, 0.4) is 0 Å². The molecular weight excluding hydrogens is 577 g/mol. The van der Waals surface area contributed by atoms with Crippen LogP contribution < -0.4 is 10.6 Å². The van der Waals surface area contributed by atoms with Crippen molar-refractivity contribution in [3.05, 3.63) is 85.3 Å². The van der Waals surface area contributed by atoms with Crippen LogP contribution >= 0.6 is 0 Å². The zero-order chi connectivity index (χ0) is 31.0. The van der Waals surface area contributed by atoms with Crippen LogP contribution in [-0.2, 0) is 0 Å². The smallest absolute Gasteiger partial charge is 0.125 e. The summed E-state index contributed by atoms with van der Waals surface area (Å²) in [6.07, 6.45) is 13.3. The third kappa shape index (κ3) is 5.60. The topological polar surface area (TPSA) is 110 Å². The van der Waals surface area contributed by atoms with Crippen LogP contribution in [0.15, 0.2) is 79.5 Å². The highest BCUT2D eigenvalue weighted by atomic mass is 19.1. The lowest BCUT2D eigenvalue weighted by atomic mass is 9.83. The van der Waals surface area contributed by atoms with Crippen LogP contribution in [0, 0.1) is 11.7 Å². The second-order valence-corrected chi connectivity index (χ2v) is 12.4. The Bertz CT molecular complexity index is 2050. The molecular formula is C36H36FN9. The molecule has 0 unspecified atom stereocenters. The van der Waals surface area contributed by atoms with E-state index in [2.05, 4.69) is 53.3 Å². The minimum absolute atomic E-state index is 0.296. The van der Waals surface area contributed by atoms with Gasteiger partial charge in [-0.3, -0.25) is 20.1 Å². The number of benzene rings is 1. The van der Waals surface area contributed by atoms with Crippen molar-refractivity contribution < 1.29 is 4.39 Å². The molecule has 0 atom stereocenters. The van der Waals surface area contributed by atoms with Gasteiger partial charge in [-0.2, -0.15) is 5.10 Å². The minimum atomic E-state index is -0.296. The second kappa shape index (κ2) is 12.0. The number of allylic oxidation sites excluding steroid dienone is 1. The third-order valence-electron chi connectivity index (χ3n) is 9.31. The Kier molecular flexibility index (Phi) is 7.42. The van der Waals surface area contributed by atoms with Gasteiger partial charge in [0, 0.05) is 64.3 Å². The van der Waals surface area contributed by atoms with Crippen LogP contribution in [0.4, 0.5) is 15.8 Å². The van der Waals surface area contributed by atoms with Gasteiger partial charge >= 0.3 is 0 Å². The Morgan fingerprint density at radius 3 is 2.59 bits per heavy atom. The van der Waals surface area contributed by atoms with Gasteiger partial charge in [0.05, 0.1) is 40.7 Å². The molecule has 9 nitrogen and oxygen atoms in total. The first-order valence-corrected chi connectivity index (χ1v) is 16.1. The van der Waals surface area contributed by atoms with E-state index in [1.54, 1.807) is 24.5 Å². The number of nitrogens with one attached hydrogen (secondary N) is 4. The van der Waals surface area contributed by atoms with Crippen molar-refractivity contribution in [1.82, 2.24) is 35.0 Å². The first kappa shape index (κ1) is 28.4. The van der Waals surface area contributed by atoms with Crippen molar-refractivity contribution in [3.8, 4) is 33.9 Å². The number of hydrogen-bond donors (Lipinski definition) is 4. The molecule has 6 aromatic rings. The number of aromatic nitrogens is 6. The molecule has 46 heavy (non-hydrogen) atoms. The molecule has 0 amide bonds. The molecule has 1 aliphatic heterocycles. The molecule has 5 aromatic heterocycles. The maximum Gasteiger partial charge on any atom is 0.125 e. The SMILES string of the molecule is C=C(Nc1cncc(-c2cc3c(-c4cc5c(-c6cc(F)cc(NCCN7CCCC7)c6)nccc5[nH]4)n[nH]c3cn2)c1)C1CCC1. The molecule has 1 aliphatic carbocycles. The van der Waals surface area contributed by atoms with Crippen molar-refractivity contribution in [2.45, 2.75) is 32.1 Å². The predicted octanol–water partition coefficient (Wildman–Crippen LogP) is 7.60. The van der Waals surface area contributed by atoms with E-state index in [9.17, 15) is 4.39 Å². The first-order valence-electron chi connectivity index (χ1n) is 16.1. The number of anilines is 2. The Morgan fingerprint density at radius 1 is 0.891 bits per heavy atom. The van der Waals surface area contributed by atoms with Gasteiger partial charge in [0.2, 0.25) is 0 Å². The summed E-state index contributed by atoms with van der Waals surface area (Å²) in [6.45, 7) is 8.23. The highest BCUT2D eigenvalue weighted by molar-refractivity contribution is 6.00. The highest BCUT2D eigenvalue weighted by Crippen LogP contribution is 2.36. The molecule has 0 spiro atoms. The van der Waals surface area contributed by atoms with E-state index in [4.69, 9.17) is 4.98 Å². The molecule has 0 bridgehead atoms. The number of pyridine rings is 3. The van der Waals surface area contributed by atoms with Crippen LogP contribution in [0.5, 0.6) is 0 Å². The summed E-state index contributed by atoms with van der Waals surface area (Å²) in [5.74, 6) is 0.234. The third-order valence-corrected chi connectivity index (χ3v) is 9.31. The lowest BCUT2D eigenvalue weighted by Crippen LogP contribution is -2.25. The Balaban J connectivity index is 1.09. The summed E-state index contributed by atoms with van der Waals surface area (Å²) in [7, 11) is 0. The number of aromatic amines is 2. The number of nitrogens with zero attached hydrogens (tertiary/aromatic N) is 5. The molecule has 1 saturated heterocycles. The molecule has 10 heteroatoms. The molecule has 1 saturated carbocycles. The predicted molar refractivity (Wildman–Crippen MR) is 182 cm³/mol. The minimum Gasteiger partial charge on any atom is -0.384 e. The van der Waals surface area contributed by atoms with E-state index < -0.39 is 0 Å². The molecule has 8 rings (SSSR count). The molecule has 4 N–H and O–H groups in total. The fraction of sp³-hybridized carbons (Fsp3) is 0.278. The van der Waals surface area contributed by atoms with Gasteiger partial charge < -0.3 is 20.5 Å². The Morgan fingerprint density at radius 2 is 1.74 bits per heavy atom. The van der Waals surface area contributed by atoms with E-state index in [1.165, 1.54) is 32.1 Å². The maximum absolute atomic E-state index is 14.8. The number of hydrogen-bond acceptors (Lipinski definition) is 7. The van der Waals surface area contributed by atoms with Crippen molar-refractivity contribution in [3.63, 3.8) is 0 Å². The van der Waals surface area contributed by atoms with Gasteiger partial charge in [-0.05, 0) is 87.2 Å². The van der Waals surface area contributed by atoms with E-state index in [0.29, 0.717) is 11.6 Å². The Hall–Kier alpha value is -5.09. The van der Waals surface area contributed by atoms with Crippen molar-refractivity contribution in [2.75, 3.05) is 36.8 Å². The van der Waals surface area contributed by atoms with Crippen LogP contribution in [0.1, 0.15) is 32.1 Å². The molecule has 6 heterocycles. The normalized spacial score (nSPS) is 15.4. The average molecular weight is 614 g/mol. The summed E-state index contributed by atoms with van der Waals surface area (Å²) in [6, 6.07) is 13.1. The summed E-state index contributed by atoms with van der Waals surface area (Å²) < 4.78 is 14.8. The molecule has 0 radical (unpaired) electrons. The largest absolute Gasteiger partial charge is 0.384 e. The highest BCUT2D eigenvalue weighted by Gasteiger charge is 2.21. The van der Waals surface area contributed by atoms with Crippen molar-refractivity contribution >= 4 is 33.2 Å². The molecule has 2 fully saturated rings. The van der Waals surface area contributed by atoms with E-state index in [1.807, 2.05) is 36.7 Å². The number of rotatable bonds is 10. The number of fused-ring (bicyclic) bond motifs is 2. The summed E-state index contributed by atoms with van der Waals surface area (Å²) in [5.41, 5.74) is 9.15. The maximum atomic E-state index is 14.8. The molecule has 1 aromatic carbocycles. The summed E-state index contributed by atoms with van der Waals surface area (Å²) in [4.78, 5) is 19.8. The Labute approximate surface area is 266 Å². The van der Waals surface area contributed by atoms with Crippen LogP contribution in [0.25, 0.3) is 55.7 Å². The van der Waals surface area contributed by atoms with Crippen molar-refractivity contribution in [2.24, 2.45) is 5.92 Å². The number of halogens is 1. The van der Waals surface area contributed by atoms with Gasteiger partial charge in [0.1, 0.15) is 11.5 Å². The lowest BCUT2D eigenvalue weighted by Gasteiger charge is -2.28. The molecule has 2 aliphatic rings. The first-order chi connectivity index (χ1) is 22.6. The zero-order valence-corrected chi connectivity index (χ0v) is 25.6. The van der Waals surface area contributed by atoms with Gasteiger partial charge in [0.25, 0.3) is 0 Å². The van der Waals surface area contributed by atoms with Gasteiger partial charge in [0.15, 0.2) is 0 Å². The quantitative estimate of drug-likeness (QED) is 0.126. The van der Waals surface area contributed by atoms with Crippen LogP contribution in [0.2, 0.25) is 0 Å². The number of likely N-dealkylation sites (tertiary alicyclic amines) is 1. The lowest BCUT2D eigenvalue weighted by molar-refractivity contribution is 0.352. The monoisotopic (exact) mass is 613 g/mol. The number of H-pyrrole nitrogens is 2. The van der Waals surface area contributed by atoms with Crippen LogP contribution in [-0.4, -0.2) is 61.2 Å². The fourth-order valence-electron chi connectivity index (χ4n) is 6.58. The standard InChI is InChI=1S/C36H36FN9/c1-22(23-5-4-6-23)42-28-15-25(19-38-20-28)32-17-30-34(21-41-32)44-45-36(30)33-18-29-31(43-33)7-8-40-35(29)24-13-26(37)16-27(14-24)39-9-12-46-10-2-3-11-46/h7-8,13-21,23,39,42-43H,1-6,9-12H2,(H,44,45). The second-order valence-electron chi connectivity index (χ2n) is 12.4. The van der Waals surface area contributed by atoms with Gasteiger partial charge in [-0.1, -0.05) is 13.0 Å². The van der Waals surface area contributed by atoms with Crippen molar-refractivity contribution in [1.29, 1.82) is 0 Å².